The summed E-state index contributed by atoms with van der Waals surface area (Å²) in [6.45, 7) is 0. The Hall–Kier alpha value is -2.87. The lowest BCUT2D eigenvalue weighted by Gasteiger charge is -2.02. The highest BCUT2D eigenvalue weighted by Gasteiger charge is 2.17. The van der Waals surface area contributed by atoms with Gasteiger partial charge >= 0.3 is 5.97 Å². The Morgan fingerprint density at radius 2 is 1.93 bits per heavy atom. The van der Waals surface area contributed by atoms with Crippen LogP contribution < -0.4 is 5.32 Å². The number of ether oxygens (including phenoxy) is 1. The Morgan fingerprint density at radius 1 is 1.10 bits per heavy atom. The third kappa shape index (κ3) is 3.98. The van der Waals surface area contributed by atoms with Gasteiger partial charge in [-0.25, -0.2) is 9.78 Å². The Labute approximate surface area is 179 Å². The molecule has 9 heteroatoms. The number of fused-ring (bicyclic) bond motifs is 1. The number of nitrogens with zero attached hydrogens (tertiary/aromatic N) is 1. The number of halogens is 2. The van der Waals surface area contributed by atoms with Crippen LogP contribution in [-0.2, 0) is 4.74 Å². The summed E-state index contributed by atoms with van der Waals surface area (Å²) in [4.78, 5) is 28.5. The van der Waals surface area contributed by atoms with Crippen LogP contribution in [0.1, 0.15) is 20.9 Å². The van der Waals surface area contributed by atoms with Gasteiger partial charge in [0.15, 0.2) is 10.9 Å². The minimum absolute atomic E-state index is 0.102. The smallest absolute Gasteiger partial charge is 0.337 e. The zero-order chi connectivity index (χ0) is 20.5. The van der Waals surface area contributed by atoms with E-state index in [1.165, 1.54) is 18.4 Å². The SMILES string of the molecule is COC(=O)c1ccc2nc(NC(=O)c3ccc(-c4cc(Cl)ccc4Cl)o3)sc2c1. The second-order valence-corrected chi connectivity index (χ2v) is 7.81. The number of thiazole rings is 1. The highest BCUT2D eigenvalue weighted by atomic mass is 35.5. The summed E-state index contributed by atoms with van der Waals surface area (Å²) in [5.74, 6) is -0.365. The van der Waals surface area contributed by atoms with Crippen molar-refractivity contribution in [2.24, 2.45) is 0 Å². The zero-order valence-corrected chi connectivity index (χ0v) is 17.2. The maximum absolute atomic E-state index is 12.5. The predicted octanol–water partition coefficient (Wildman–Crippen LogP) is 5.90. The first-order chi connectivity index (χ1) is 13.9. The van der Waals surface area contributed by atoms with Crippen LogP contribution in [0.4, 0.5) is 5.13 Å². The first-order valence-electron chi connectivity index (χ1n) is 8.30. The lowest BCUT2D eigenvalue weighted by Crippen LogP contribution is -2.10. The van der Waals surface area contributed by atoms with Gasteiger partial charge in [0, 0.05) is 10.6 Å². The molecule has 0 saturated heterocycles. The topological polar surface area (TPSA) is 81.4 Å². The summed E-state index contributed by atoms with van der Waals surface area (Å²) in [6.07, 6.45) is 0. The molecule has 0 atom stereocenters. The van der Waals surface area contributed by atoms with Crippen molar-refractivity contribution in [1.29, 1.82) is 0 Å². The second-order valence-electron chi connectivity index (χ2n) is 5.94. The van der Waals surface area contributed by atoms with E-state index < -0.39 is 11.9 Å². The molecule has 0 fully saturated rings. The standard InChI is InChI=1S/C20H12Cl2N2O4S/c1-27-19(26)10-2-5-14-17(8-10)29-20(23-14)24-18(25)16-7-6-15(28-16)12-9-11(21)3-4-13(12)22/h2-9H,1H3,(H,23,24,25). The number of carbonyl (C=O) groups is 2. The van der Waals surface area contributed by atoms with Crippen LogP contribution >= 0.6 is 34.5 Å². The second kappa shape index (κ2) is 7.87. The first-order valence-corrected chi connectivity index (χ1v) is 9.87. The summed E-state index contributed by atoms with van der Waals surface area (Å²) >= 11 is 13.4. The lowest BCUT2D eigenvalue weighted by molar-refractivity contribution is 0.0601. The first kappa shape index (κ1) is 19.4. The van der Waals surface area contributed by atoms with Gasteiger partial charge in [-0.05, 0) is 48.5 Å². The average molecular weight is 447 g/mol. The van der Waals surface area contributed by atoms with E-state index in [1.807, 2.05) is 0 Å². The Bertz CT molecular complexity index is 1250. The van der Waals surface area contributed by atoms with Crippen molar-refractivity contribution in [2.75, 3.05) is 12.4 Å². The van der Waals surface area contributed by atoms with Crippen molar-refractivity contribution in [1.82, 2.24) is 4.98 Å². The Balaban J connectivity index is 1.56. The maximum atomic E-state index is 12.5. The monoisotopic (exact) mass is 446 g/mol. The molecule has 4 aromatic rings. The highest BCUT2D eigenvalue weighted by molar-refractivity contribution is 7.22. The summed E-state index contributed by atoms with van der Waals surface area (Å²) < 4.78 is 11.1. The number of benzene rings is 2. The molecule has 0 saturated carbocycles. The molecule has 2 aromatic heterocycles. The lowest BCUT2D eigenvalue weighted by atomic mass is 10.2. The molecule has 0 radical (unpaired) electrons. The summed E-state index contributed by atoms with van der Waals surface area (Å²) in [5.41, 5.74) is 1.66. The fraction of sp³-hybridized carbons (Fsp3) is 0.0500. The van der Waals surface area contributed by atoms with E-state index in [4.69, 9.17) is 32.4 Å². The van der Waals surface area contributed by atoms with E-state index in [1.54, 1.807) is 48.5 Å². The quantitative estimate of drug-likeness (QED) is 0.394. The number of furan rings is 1. The van der Waals surface area contributed by atoms with Crippen molar-refractivity contribution in [2.45, 2.75) is 0 Å². The number of aromatic nitrogens is 1. The van der Waals surface area contributed by atoms with Gasteiger partial charge < -0.3 is 9.15 Å². The van der Waals surface area contributed by atoms with E-state index in [2.05, 4.69) is 10.3 Å². The highest BCUT2D eigenvalue weighted by Crippen LogP contribution is 2.32. The van der Waals surface area contributed by atoms with Crippen molar-refractivity contribution in [3.05, 3.63) is 69.9 Å². The fourth-order valence-corrected chi connectivity index (χ4v) is 3.96. The van der Waals surface area contributed by atoms with Gasteiger partial charge in [0.25, 0.3) is 5.91 Å². The summed E-state index contributed by atoms with van der Waals surface area (Å²) in [5, 5.41) is 4.05. The predicted molar refractivity (Wildman–Crippen MR) is 113 cm³/mol. The summed E-state index contributed by atoms with van der Waals surface area (Å²) in [6, 6.07) is 13.2. The summed E-state index contributed by atoms with van der Waals surface area (Å²) in [7, 11) is 1.32. The van der Waals surface area contributed by atoms with E-state index in [9.17, 15) is 9.59 Å². The van der Waals surface area contributed by atoms with Crippen LogP contribution in [0, 0.1) is 0 Å². The third-order valence-electron chi connectivity index (χ3n) is 4.05. The molecule has 0 spiro atoms. The van der Waals surface area contributed by atoms with Crippen molar-refractivity contribution >= 4 is 61.8 Å². The van der Waals surface area contributed by atoms with Gasteiger partial charge in [-0.15, -0.1) is 0 Å². The van der Waals surface area contributed by atoms with Crippen molar-refractivity contribution in [3.8, 4) is 11.3 Å². The van der Waals surface area contributed by atoms with E-state index in [0.29, 0.717) is 37.6 Å². The number of esters is 1. The van der Waals surface area contributed by atoms with Gasteiger partial charge in [0.05, 0.1) is 27.9 Å². The number of anilines is 1. The van der Waals surface area contributed by atoms with Crippen molar-refractivity contribution < 1.29 is 18.7 Å². The van der Waals surface area contributed by atoms with Crippen LogP contribution in [-0.4, -0.2) is 24.0 Å². The van der Waals surface area contributed by atoms with Gasteiger partial charge in [0.2, 0.25) is 0 Å². The van der Waals surface area contributed by atoms with Crippen LogP contribution in [0.2, 0.25) is 10.0 Å². The minimum atomic E-state index is -0.457. The fourth-order valence-electron chi connectivity index (χ4n) is 2.67. The van der Waals surface area contributed by atoms with Gasteiger partial charge in [-0.3, -0.25) is 10.1 Å². The number of hydrogen-bond donors (Lipinski definition) is 1. The number of nitrogens with one attached hydrogen (secondary N) is 1. The van der Waals surface area contributed by atoms with Crippen LogP contribution in [0.25, 0.3) is 21.5 Å². The molecule has 1 amide bonds. The molecule has 6 nitrogen and oxygen atoms in total. The third-order valence-corrected chi connectivity index (χ3v) is 5.55. The molecule has 146 valence electrons. The van der Waals surface area contributed by atoms with Gasteiger partial charge in [0.1, 0.15) is 5.76 Å². The van der Waals surface area contributed by atoms with E-state index >= 15 is 0 Å². The van der Waals surface area contributed by atoms with Gasteiger partial charge in [-0.2, -0.15) is 0 Å². The number of carbonyl (C=O) groups excluding carboxylic acids is 2. The Kier molecular flexibility index (Phi) is 5.27. The molecule has 1 N–H and O–H groups in total. The Morgan fingerprint density at radius 3 is 2.72 bits per heavy atom. The zero-order valence-electron chi connectivity index (χ0n) is 14.9. The molecule has 2 heterocycles. The van der Waals surface area contributed by atoms with Gasteiger partial charge in [-0.1, -0.05) is 34.5 Å². The number of rotatable bonds is 4. The van der Waals surface area contributed by atoms with Crippen molar-refractivity contribution in [3.63, 3.8) is 0 Å². The van der Waals surface area contributed by atoms with E-state index in [0.717, 1.165) is 4.70 Å². The molecule has 0 aliphatic rings. The normalized spacial score (nSPS) is 10.9. The number of hydrogen-bond acceptors (Lipinski definition) is 6. The maximum Gasteiger partial charge on any atom is 0.337 e. The molecule has 0 unspecified atom stereocenters. The van der Waals surface area contributed by atoms with Crippen LogP contribution in [0.3, 0.4) is 0 Å². The van der Waals surface area contributed by atoms with Crippen LogP contribution in [0.5, 0.6) is 0 Å². The number of methoxy groups -OCH3 is 1. The minimum Gasteiger partial charge on any atom is -0.465 e. The molecular weight excluding hydrogens is 435 g/mol. The molecule has 2 aromatic carbocycles. The molecule has 0 aliphatic heterocycles. The molecule has 4 rings (SSSR count). The molecule has 0 bridgehead atoms. The molecule has 29 heavy (non-hydrogen) atoms. The molecular formula is C20H12Cl2N2O4S. The van der Waals surface area contributed by atoms with Crippen LogP contribution in [0.15, 0.2) is 52.9 Å². The largest absolute Gasteiger partial charge is 0.465 e. The molecule has 0 aliphatic carbocycles. The van der Waals surface area contributed by atoms with E-state index in [-0.39, 0.29) is 5.76 Å². The number of amides is 1. The average Bonchev–Trinajstić information content (AvgIpc) is 3.35.